The van der Waals surface area contributed by atoms with Gasteiger partial charge in [0.2, 0.25) is 0 Å². The van der Waals surface area contributed by atoms with Crippen LogP contribution in [0.3, 0.4) is 0 Å². The first kappa shape index (κ1) is 13.9. The largest absolute Gasteiger partial charge is 0.307 e. The lowest BCUT2D eigenvalue weighted by Crippen LogP contribution is -2.12. The number of benzene rings is 1. The second-order valence-electron chi connectivity index (χ2n) is 5.42. The maximum absolute atomic E-state index is 12.6. The number of nitrogens with zero attached hydrogens (tertiary/aromatic N) is 1. The zero-order valence-electron chi connectivity index (χ0n) is 11.5. The molecule has 0 bridgehead atoms. The molecule has 1 saturated carbocycles. The Morgan fingerprint density at radius 3 is 2.43 bits per heavy atom. The highest BCUT2D eigenvalue weighted by Gasteiger charge is 2.19. The van der Waals surface area contributed by atoms with Crippen molar-refractivity contribution in [3.63, 3.8) is 0 Å². The quantitative estimate of drug-likeness (QED) is 0.927. The van der Waals surface area contributed by atoms with Crippen molar-refractivity contribution in [1.82, 2.24) is 9.97 Å². The highest BCUT2D eigenvalue weighted by Crippen LogP contribution is 2.33. The normalized spacial score (nSPS) is 15.8. The van der Waals surface area contributed by atoms with Crippen LogP contribution in [0.5, 0.6) is 0 Å². The summed E-state index contributed by atoms with van der Waals surface area (Å²) in [5.74, 6) is 0.789. The van der Waals surface area contributed by atoms with Crippen molar-refractivity contribution >= 4 is 0 Å². The van der Waals surface area contributed by atoms with E-state index in [2.05, 4.69) is 9.97 Å². The molecule has 0 spiro atoms. The van der Waals surface area contributed by atoms with E-state index >= 15 is 0 Å². The van der Waals surface area contributed by atoms with E-state index in [-0.39, 0.29) is 11.1 Å². The van der Waals surface area contributed by atoms with Gasteiger partial charge in [-0.15, -0.1) is 0 Å². The average molecular weight is 290 g/mol. The van der Waals surface area contributed by atoms with Crippen molar-refractivity contribution < 1.29 is 8.78 Å². The van der Waals surface area contributed by atoms with Crippen LogP contribution in [-0.4, -0.2) is 9.97 Å². The second-order valence-corrected chi connectivity index (χ2v) is 5.42. The molecule has 2 aromatic rings. The number of H-pyrrole nitrogens is 1. The van der Waals surface area contributed by atoms with E-state index in [4.69, 9.17) is 0 Å². The molecule has 0 aliphatic heterocycles. The summed E-state index contributed by atoms with van der Waals surface area (Å²) in [6, 6.07) is 7.41. The molecule has 0 unspecified atom stereocenters. The number of aromatic amines is 1. The van der Waals surface area contributed by atoms with Gasteiger partial charge in [0.05, 0.1) is 5.69 Å². The number of alkyl halides is 2. The van der Waals surface area contributed by atoms with Crippen LogP contribution in [0.15, 0.2) is 35.1 Å². The third kappa shape index (κ3) is 3.01. The lowest BCUT2D eigenvalue weighted by atomic mass is 10.0. The van der Waals surface area contributed by atoms with Gasteiger partial charge >= 0.3 is 0 Å². The van der Waals surface area contributed by atoms with Crippen LogP contribution in [0.2, 0.25) is 0 Å². The summed E-state index contributed by atoms with van der Waals surface area (Å²) in [5.41, 5.74) is 1.23. The lowest BCUT2D eigenvalue weighted by Gasteiger charge is -2.10. The van der Waals surface area contributed by atoms with E-state index in [1.165, 1.54) is 12.1 Å². The van der Waals surface area contributed by atoms with Crippen molar-refractivity contribution in [1.29, 1.82) is 0 Å². The van der Waals surface area contributed by atoms with Gasteiger partial charge in [-0.25, -0.2) is 13.8 Å². The molecule has 1 aromatic carbocycles. The lowest BCUT2D eigenvalue weighted by molar-refractivity contribution is 0.151. The van der Waals surface area contributed by atoms with E-state index in [1.54, 1.807) is 18.2 Å². The molecule has 1 fully saturated rings. The fourth-order valence-corrected chi connectivity index (χ4v) is 2.83. The van der Waals surface area contributed by atoms with Crippen molar-refractivity contribution in [3.8, 4) is 11.4 Å². The minimum Gasteiger partial charge on any atom is -0.307 e. The van der Waals surface area contributed by atoms with Gasteiger partial charge in [0.15, 0.2) is 0 Å². The summed E-state index contributed by atoms with van der Waals surface area (Å²) in [5, 5.41) is 0. The molecule has 0 saturated heterocycles. The molecule has 0 radical (unpaired) electrons. The minimum atomic E-state index is -2.49. The van der Waals surface area contributed by atoms with Crippen LogP contribution >= 0.6 is 0 Å². The summed E-state index contributed by atoms with van der Waals surface area (Å²) in [6.45, 7) is 0. The smallest absolute Gasteiger partial charge is 0.263 e. The molecule has 1 N–H and O–H groups in total. The Morgan fingerprint density at radius 2 is 1.81 bits per heavy atom. The number of halogens is 2. The Kier molecular flexibility index (Phi) is 3.82. The summed E-state index contributed by atoms with van der Waals surface area (Å²) in [6.07, 6.45) is 1.95. The molecule has 0 atom stereocenters. The fourth-order valence-electron chi connectivity index (χ4n) is 2.83. The second kappa shape index (κ2) is 5.76. The molecule has 1 aliphatic rings. The zero-order valence-corrected chi connectivity index (χ0v) is 11.5. The maximum Gasteiger partial charge on any atom is 0.263 e. The molecule has 21 heavy (non-hydrogen) atoms. The average Bonchev–Trinajstić information content (AvgIpc) is 3.01. The molecule has 1 heterocycles. The van der Waals surface area contributed by atoms with Crippen molar-refractivity contribution in [2.45, 2.75) is 38.0 Å². The molecular formula is C16H16F2N2O. The first-order valence-electron chi connectivity index (χ1n) is 7.13. The third-order valence-corrected chi connectivity index (χ3v) is 3.97. The Bertz CT molecular complexity index is 673. The first-order chi connectivity index (χ1) is 10.1. The van der Waals surface area contributed by atoms with Crippen molar-refractivity contribution in [3.05, 3.63) is 51.9 Å². The van der Waals surface area contributed by atoms with Crippen LogP contribution in [0.25, 0.3) is 11.4 Å². The predicted molar refractivity (Wildman–Crippen MR) is 76.5 cm³/mol. The molecule has 1 aliphatic carbocycles. The minimum absolute atomic E-state index is 0.0342. The van der Waals surface area contributed by atoms with Crippen LogP contribution in [0.1, 0.15) is 49.3 Å². The molecule has 110 valence electrons. The van der Waals surface area contributed by atoms with Crippen LogP contribution < -0.4 is 5.56 Å². The highest BCUT2D eigenvalue weighted by molar-refractivity contribution is 5.55. The fraction of sp³-hybridized carbons (Fsp3) is 0.375. The molecule has 5 heteroatoms. The number of rotatable bonds is 3. The van der Waals surface area contributed by atoms with Gasteiger partial charge < -0.3 is 4.98 Å². The SMILES string of the molecule is O=c1cc(C2CCCC2)nc(-c2ccc(C(F)F)cc2)[nH]1. The third-order valence-electron chi connectivity index (χ3n) is 3.97. The van der Waals surface area contributed by atoms with Crippen molar-refractivity contribution in [2.24, 2.45) is 0 Å². The summed E-state index contributed by atoms with van der Waals surface area (Å²) >= 11 is 0. The Balaban J connectivity index is 1.95. The summed E-state index contributed by atoms with van der Waals surface area (Å²) < 4.78 is 25.1. The topological polar surface area (TPSA) is 45.8 Å². The van der Waals surface area contributed by atoms with Crippen molar-refractivity contribution in [2.75, 3.05) is 0 Å². The first-order valence-corrected chi connectivity index (χ1v) is 7.13. The Labute approximate surface area is 121 Å². The zero-order chi connectivity index (χ0) is 14.8. The summed E-state index contributed by atoms with van der Waals surface area (Å²) in [4.78, 5) is 19.0. The molecule has 0 amide bonds. The standard InChI is InChI=1S/C16H16F2N2O/c17-15(18)11-5-7-12(8-6-11)16-19-13(9-14(21)20-16)10-3-1-2-4-10/h5-10,15H,1-4H2,(H,19,20,21). The number of nitrogens with one attached hydrogen (secondary N) is 1. The van der Waals surface area contributed by atoms with E-state index in [1.807, 2.05) is 0 Å². The Hall–Kier alpha value is -2.04. The number of aromatic nitrogens is 2. The van der Waals surface area contributed by atoms with E-state index in [0.717, 1.165) is 31.4 Å². The van der Waals surface area contributed by atoms with E-state index in [9.17, 15) is 13.6 Å². The molecule has 3 nitrogen and oxygen atoms in total. The van der Waals surface area contributed by atoms with Gasteiger partial charge in [-0.1, -0.05) is 37.1 Å². The molecule has 1 aromatic heterocycles. The van der Waals surface area contributed by atoms with Crippen LogP contribution in [-0.2, 0) is 0 Å². The van der Waals surface area contributed by atoms with Gasteiger partial charge in [0.25, 0.3) is 12.0 Å². The van der Waals surface area contributed by atoms with Crippen LogP contribution in [0.4, 0.5) is 8.78 Å². The van der Waals surface area contributed by atoms with Gasteiger partial charge in [-0.2, -0.15) is 0 Å². The number of hydrogen-bond donors (Lipinski definition) is 1. The molecule has 3 rings (SSSR count). The van der Waals surface area contributed by atoms with Crippen LogP contribution in [0, 0.1) is 0 Å². The summed E-state index contributed by atoms with van der Waals surface area (Å²) in [7, 11) is 0. The van der Waals surface area contributed by atoms with Gasteiger partial charge in [0, 0.05) is 23.1 Å². The highest BCUT2D eigenvalue weighted by atomic mass is 19.3. The maximum atomic E-state index is 12.6. The monoisotopic (exact) mass is 290 g/mol. The van der Waals surface area contributed by atoms with Gasteiger partial charge in [-0.05, 0) is 12.8 Å². The van der Waals surface area contributed by atoms with Gasteiger partial charge in [0.1, 0.15) is 5.82 Å². The molecular weight excluding hydrogens is 274 g/mol. The predicted octanol–water partition coefficient (Wildman–Crippen LogP) is 4.03. The number of hydrogen-bond acceptors (Lipinski definition) is 2. The van der Waals surface area contributed by atoms with E-state index < -0.39 is 6.43 Å². The van der Waals surface area contributed by atoms with Gasteiger partial charge in [-0.3, -0.25) is 4.79 Å². The Morgan fingerprint density at radius 1 is 1.14 bits per heavy atom. The van der Waals surface area contributed by atoms with E-state index in [0.29, 0.717) is 17.3 Å².